The number of amides is 1. The molecule has 5 heteroatoms. The van der Waals surface area contributed by atoms with Crippen molar-refractivity contribution in [3.63, 3.8) is 0 Å². The second kappa shape index (κ2) is 9.84. The van der Waals surface area contributed by atoms with Gasteiger partial charge in [0.2, 0.25) is 0 Å². The van der Waals surface area contributed by atoms with E-state index in [4.69, 9.17) is 0 Å². The van der Waals surface area contributed by atoms with Gasteiger partial charge in [-0.25, -0.2) is 0 Å². The van der Waals surface area contributed by atoms with E-state index in [1.54, 1.807) is 6.07 Å². The van der Waals surface area contributed by atoms with Crippen LogP contribution in [0, 0.1) is 23.7 Å². The summed E-state index contributed by atoms with van der Waals surface area (Å²) in [5, 5.41) is 3.27. The standard InChI is InChI=1S/C28H37N3O2/c1-2-3-11-31(17-19-7-5-4-6-8-19)18-24-9-10-25(27(32)29-24)28(33)30-26-22-13-20-12-21(15-22)16-23(26)14-20/h4-10,20-23,26H,2-3,11-18H2,1H3,(H,29,32)(H,30,33). The van der Waals surface area contributed by atoms with Gasteiger partial charge in [-0.1, -0.05) is 43.7 Å². The number of rotatable bonds is 9. The number of H-pyrrole nitrogens is 1. The van der Waals surface area contributed by atoms with Crippen LogP contribution in [0.1, 0.15) is 73.5 Å². The van der Waals surface area contributed by atoms with Crippen LogP contribution >= 0.6 is 0 Å². The molecule has 0 saturated heterocycles. The van der Waals surface area contributed by atoms with E-state index in [-0.39, 0.29) is 23.1 Å². The predicted molar refractivity (Wildman–Crippen MR) is 131 cm³/mol. The fourth-order valence-corrected chi connectivity index (χ4v) is 6.85. The average Bonchev–Trinajstić information content (AvgIpc) is 2.80. The third kappa shape index (κ3) is 5.08. The second-order valence-corrected chi connectivity index (χ2v) is 10.7. The van der Waals surface area contributed by atoms with Gasteiger partial charge in [-0.2, -0.15) is 0 Å². The van der Waals surface area contributed by atoms with Crippen LogP contribution in [0.2, 0.25) is 0 Å². The Kier molecular flexibility index (Phi) is 6.68. The number of carbonyl (C=O) groups is 1. The summed E-state index contributed by atoms with van der Waals surface area (Å²) in [5.41, 5.74) is 2.10. The molecule has 4 bridgehead atoms. The maximum Gasteiger partial charge on any atom is 0.261 e. The molecule has 4 aliphatic rings. The van der Waals surface area contributed by atoms with E-state index in [1.807, 2.05) is 12.1 Å². The van der Waals surface area contributed by atoms with E-state index >= 15 is 0 Å². The van der Waals surface area contributed by atoms with Gasteiger partial charge in [-0.05, 0) is 86.4 Å². The molecule has 1 amide bonds. The molecule has 0 unspecified atom stereocenters. The maximum atomic E-state index is 13.0. The van der Waals surface area contributed by atoms with E-state index in [9.17, 15) is 9.59 Å². The van der Waals surface area contributed by atoms with Crippen molar-refractivity contribution in [1.29, 1.82) is 0 Å². The van der Waals surface area contributed by atoms with Crippen molar-refractivity contribution in [2.75, 3.05) is 6.54 Å². The molecule has 0 atom stereocenters. The van der Waals surface area contributed by atoms with Gasteiger partial charge in [0, 0.05) is 24.8 Å². The first kappa shape index (κ1) is 22.4. The van der Waals surface area contributed by atoms with Crippen molar-refractivity contribution in [2.24, 2.45) is 23.7 Å². The number of pyridine rings is 1. The first-order chi connectivity index (χ1) is 16.1. The zero-order chi connectivity index (χ0) is 22.8. The number of hydrogen-bond donors (Lipinski definition) is 2. The molecule has 4 saturated carbocycles. The van der Waals surface area contributed by atoms with Crippen LogP contribution in [-0.4, -0.2) is 28.4 Å². The van der Waals surface area contributed by atoms with Crippen LogP contribution in [0.3, 0.4) is 0 Å². The number of unbranched alkanes of at least 4 members (excludes halogenated alkanes) is 1. The van der Waals surface area contributed by atoms with Crippen molar-refractivity contribution in [2.45, 2.75) is 71.0 Å². The quantitative estimate of drug-likeness (QED) is 0.584. The van der Waals surface area contributed by atoms with E-state index in [2.05, 4.69) is 46.4 Å². The van der Waals surface area contributed by atoms with Crippen LogP contribution in [0.15, 0.2) is 47.3 Å². The zero-order valence-corrected chi connectivity index (χ0v) is 19.8. The molecule has 5 nitrogen and oxygen atoms in total. The van der Waals surface area contributed by atoms with Gasteiger partial charge in [-0.15, -0.1) is 0 Å². The Labute approximate surface area is 197 Å². The van der Waals surface area contributed by atoms with Crippen molar-refractivity contribution in [3.05, 3.63) is 69.6 Å². The van der Waals surface area contributed by atoms with E-state index in [0.29, 0.717) is 18.4 Å². The topological polar surface area (TPSA) is 65.2 Å². The minimum absolute atomic E-state index is 0.201. The fourth-order valence-electron chi connectivity index (χ4n) is 6.85. The fraction of sp³-hybridized carbons (Fsp3) is 0.571. The maximum absolute atomic E-state index is 13.0. The zero-order valence-electron chi connectivity index (χ0n) is 19.8. The van der Waals surface area contributed by atoms with Crippen molar-refractivity contribution in [1.82, 2.24) is 15.2 Å². The SMILES string of the molecule is CCCCN(Cc1ccccc1)Cc1ccc(C(=O)NC2C3CC4CC(C3)CC2C4)c(=O)[nH]1. The van der Waals surface area contributed by atoms with Crippen molar-refractivity contribution >= 4 is 5.91 Å². The van der Waals surface area contributed by atoms with Crippen molar-refractivity contribution < 1.29 is 4.79 Å². The van der Waals surface area contributed by atoms with Gasteiger partial charge in [0.15, 0.2) is 0 Å². The van der Waals surface area contributed by atoms with Gasteiger partial charge in [0.25, 0.3) is 11.5 Å². The van der Waals surface area contributed by atoms with Crippen LogP contribution < -0.4 is 10.9 Å². The van der Waals surface area contributed by atoms with E-state index < -0.39 is 0 Å². The Bertz CT molecular complexity index is 987. The Morgan fingerprint density at radius 2 is 1.67 bits per heavy atom. The molecule has 0 aliphatic heterocycles. The first-order valence-corrected chi connectivity index (χ1v) is 12.9. The average molecular weight is 448 g/mol. The molecule has 2 N–H and O–H groups in total. The van der Waals surface area contributed by atoms with Gasteiger partial charge in [-0.3, -0.25) is 14.5 Å². The molecule has 33 heavy (non-hydrogen) atoms. The largest absolute Gasteiger partial charge is 0.349 e. The summed E-state index contributed by atoms with van der Waals surface area (Å²) in [5.74, 6) is 2.75. The monoisotopic (exact) mass is 447 g/mol. The normalized spacial score (nSPS) is 27.8. The van der Waals surface area contributed by atoms with Gasteiger partial charge < -0.3 is 10.3 Å². The number of aromatic amines is 1. The Morgan fingerprint density at radius 1 is 0.970 bits per heavy atom. The molecule has 4 aliphatic carbocycles. The number of benzene rings is 1. The molecule has 1 aromatic heterocycles. The van der Waals surface area contributed by atoms with Crippen LogP contribution in [0.5, 0.6) is 0 Å². The molecule has 4 fully saturated rings. The number of nitrogens with zero attached hydrogens (tertiary/aromatic N) is 1. The Hall–Kier alpha value is -2.40. The summed E-state index contributed by atoms with van der Waals surface area (Å²) in [6.07, 6.45) is 8.65. The Balaban J connectivity index is 1.24. The summed E-state index contributed by atoms with van der Waals surface area (Å²) in [6, 6.07) is 14.3. The summed E-state index contributed by atoms with van der Waals surface area (Å²) in [7, 11) is 0. The third-order valence-corrected chi connectivity index (χ3v) is 8.21. The van der Waals surface area contributed by atoms with Crippen LogP contribution in [0.4, 0.5) is 0 Å². The van der Waals surface area contributed by atoms with E-state index in [1.165, 1.54) is 37.7 Å². The first-order valence-electron chi connectivity index (χ1n) is 12.9. The lowest BCUT2D eigenvalue weighted by Gasteiger charge is -2.54. The molecule has 1 aromatic carbocycles. The van der Waals surface area contributed by atoms with Gasteiger partial charge in [0.1, 0.15) is 5.56 Å². The lowest BCUT2D eigenvalue weighted by molar-refractivity contribution is -0.0119. The highest BCUT2D eigenvalue weighted by molar-refractivity contribution is 5.94. The summed E-state index contributed by atoms with van der Waals surface area (Å²) in [4.78, 5) is 31.2. The lowest BCUT2D eigenvalue weighted by atomic mass is 9.54. The number of aromatic nitrogens is 1. The predicted octanol–water partition coefficient (Wildman–Crippen LogP) is 4.73. The second-order valence-electron chi connectivity index (χ2n) is 10.7. The van der Waals surface area contributed by atoms with Crippen LogP contribution in [-0.2, 0) is 13.1 Å². The molecule has 1 heterocycles. The van der Waals surface area contributed by atoms with Crippen LogP contribution in [0.25, 0.3) is 0 Å². The summed E-state index contributed by atoms with van der Waals surface area (Å²) in [6.45, 7) is 4.68. The lowest BCUT2D eigenvalue weighted by Crippen LogP contribution is -2.56. The highest BCUT2D eigenvalue weighted by Gasteiger charge is 2.48. The van der Waals surface area contributed by atoms with E-state index in [0.717, 1.165) is 43.5 Å². The number of nitrogens with one attached hydrogen (secondary N) is 2. The van der Waals surface area contributed by atoms with Gasteiger partial charge >= 0.3 is 0 Å². The smallest absolute Gasteiger partial charge is 0.261 e. The Morgan fingerprint density at radius 3 is 2.30 bits per heavy atom. The molecule has 0 spiro atoms. The third-order valence-electron chi connectivity index (χ3n) is 8.21. The minimum Gasteiger partial charge on any atom is -0.349 e. The molecule has 2 aromatic rings. The molecule has 0 radical (unpaired) electrons. The summed E-state index contributed by atoms with van der Waals surface area (Å²) < 4.78 is 0. The molecular formula is C28H37N3O2. The molecular weight excluding hydrogens is 410 g/mol. The highest BCUT2D eigenvalue weighted by Crippen LogP contribution is 2.53. The number of carbonyl (C=O) groups excluding carboxylic acids is 1. The van der Waals surface area contributed by atoms with Gasteiger partial charge in [0.05, 0.1) is 0 Å². The highest BCUT2D eigenvalue weighted by atomic mass is 16.2. The molecule has 6 rings (SSSR count). The number of hydrogen-bond acceptors (Lipinski definition) is 3. The summed E-state index contributed by atoms with van der Waals surface area (Å²) >= 11 is 0. The minimum atomic E-state index is -0.274. The molecule has 176 valence electrons. The van der Waals surface area contributed by atoms with Crippen molar-refractivity contribution in [3.8, 4) is 0 Å².